The standard InChI is InChI=1S/2C18H15S.C11H16O3.C11H14O3/c2*1-4-10-16(11-5-1)19(17-12-6-2-7-13-17)18-14-8-3-9-15-18;12-9(13)10-2-7-1-8(3-10)5-11(14,4-7)6-10;12-9-7-1-6-2-8(9)5-11(3-6,4-7)10(13)14/h2*1-15H;7-8,14H,1-6H2,(H,12,13);6-8H,1-5H2,(H,13,14)/q2*+1;;/p-2. The number of rotatable bonds is 8. The number of benzene rings is 6. The summed E-state index contributed by atoms with van der Waals surface area (Å²) in [5, 5.41) is 32.5. The molecule has 0 radical (unpaired) electrons. The van der Waals surface area contributed by atoms with Crippen LogP contribution in [0.2, 0.25) is 0 Å². The van der Waals surface area contributed by atoms with Gasteiger partial charge in [0.05, 0.1) is 27.4 Å². The van der Waals surface area contributed by atoms with Crippen molar-refractivity contribution in [1.29, 1.82) is 0 Å². The highest BCUT2D eigenvalue weighted by Gasteiger charge is 2.58. The Bertz CT molecular complexity index is 2220. The molecule has 0 heterocycles. The van der Waals surface area contributed by atoms with E-state index < -0.39 is 28.4 Å². The summed E-state index contributed by atoms with van der Waals surface area (Å²) in [7, 11) is -0.0293. The predicted molar refractivity (Wildman–Crippen MR) is 256 cm³/mol. The zero-order valence-corrected chi connectivity index (χ0v) is 38.9. The maximum atomic E-state index is 11.7. The molecular formula is C58H58O6S2. The first-order valence-electron chi connectivity index (χ1n) is 23.5. The van der Waals surface area contributed by atoms with Crippen molar-refractivity contribution in [2.45, 2.75) is 106 Å². The second kappa shape index (κ2) is 19.8. The van der Waals surface area contributed by atoms with Gasteiger partial charge in [-0.3, -0.25) is 4.79 Å². The normalized spacial score (nSPS) is 28.3. The monoisotopic (exact) mass is 914 g/mol. The third kappa shape index (κ3) is 9.97. The van der Waals surface area contributed by atoms with E-state index in [1.54, 1.807) is 0 Å². The fourth-order valence-corrected chi connectivity index (χ4v) is 16.8. The summed E-state index contributed by atoms with van der Waals surface area (Å²) in [5.74, 6) is -0.0908. The molecule has 4 atom stereocenters. The Balaban J connectivity index is 0.000000112. The molecular weight excluding hydrogens is 857 g/mol. The van der Waals surface area contributed by atoms with Gasteiger partial charge in [0.2, 0.25) is 0 Å². The van der Waals surface area contributed by atoms with E-state index in [2.05, 4.69) is 182 Å². The number of carbonyl (C=O) groups is 3. The van der Waals surface area contributed by atoms with Gasteiger partial charge >= 0.3 is 0 Å². The van der Waals surface area contributed by atoms with E-state index in [1.807, 2.05) is 0 Å². The van der Waals surface area contributed by atoms with Crippen LogP contribution in [-0.2, 0) is 36.2 Å². The quantitative estimate of drug-likeness (QED) is 0.152. The number of aliphatic hydroxyl groups is 1. The molecule has 66 heavy (non-hydrogen) atoms. The van der Waals surface area contributed by atoms with Crippen LogP contribution in [0.1, 0.15) is 70.6 Å². The van der Waals surface area contributed by atoms with Crippen molar-refractivity contribution in [3.8, 4) is 0 Å². The SMILES string of the molecule is O=C([O-])C12CC3CC(CC(O)(C3)C1)C2.O=C1C2CC3CC1CC(C(=O)[O-])(C3)C2.c1ccc([S+](c2ccccc2)c2ccccc2)cc1.c1ccc([S+](c2ccccc2)c2ccccc2)cc1. The lowest BCUT2D eigenvalue weighted by atomic mass is 9.48. The number of hydrogen-bond acceptors (Lipinski definition) is 6. The average Bonchev–Trinajstić information content (AvgIpc) is 3.33. The zero-order chi connectivity index (χ0) is 45.7. The largest absolute Gasteiger partial charge is 0.550 e. The summed E-state index contributed by atoms with van der Waals surface area (Å²) in [6.07, 6.45) is 8.43. The molecule has 8 saturated carbocycles. The maximum absolute atomic E-state index is 11.7. The second-order valence-electron chi connectivity index (χ2n) is 19.6. The van der Waals surface area contributed by atoms with Gasteiger partial charge in [0.1, 0.15) is 5.78 Å². The number of Topliss-reactive ketones (excluding diaryl/α,β-unsaturated/α-hetero) is 1. The van der Waals surface area contributed by atoms with Crippen LogP contribution in [0.3, 0.4) is 0 Å². The first-order valence-corrected chi connectivity index (χ1v) is 25.9. The molecule has 8 fully saturated rings. The molecule has 14 rings (SSSR count). The second-order valence-corrected chi connectivity index (χ2v) is 23.6. The lowest BCUT2D eigenvalue weighted by molar-refractivity contribution is -0.331. The average molecular weight is 915 g/mol. The van der Waals surface area contributed by atoms with Crippen LogP contribution < -0.4 is 10.2 Å². The van der Waals surface area contributed by atoms with Crippen LogP contribution >= 0.6 is 0 Å². The lowest BCUT2D eigenvalue weighted by Crippen LogP contribution is -2.60. The Hall–Kier alpha value is -5.41. The predicted octanol–water partition coefficient (Wildman–Crippen LogP) is 9.76. The van der Waals surface area contributed by atoms with Crippen molar-refractivity contribution in [2.24, 2.45) is 40.4 Å². The van der Waals surface area contributed by atoms with Crippen LogP contribution in [0.15, 0.2) is 211 Å². The van der Waals surface area contributed by atoms with Crippen molar-refractivity contribution in [2.75, 3.05) is 0 Å². The zero-order valence-electron chi connectivity index (χ0n) is 37.3. The van der Waals surface area contributed by atoms with E-state index in [0.29, 0.717) is 42.8 Å². The summed E-state index contributed by atoms with van der Waals surface area (Å²) in [6.45, 7) is 0. The molecule has 8 heteroatoms. The topological polar surface area (TPSA) is 118 Å². The van der Waals surface area contributed by atoms with Gasteiger partial charge in [0, 0.05) is 34.6 Å². The molecule has 0 aliphatic heterocycles. The fraction of sp³-hybridized carbons (Fsp3) is 0.328. The summed E-state index contributed by atoms with van der Waals surface area (Å²) >= 11 is 0. The molecule has 0 saturated heterocycles. The number of carboxylic acid groups (broad SMARTS) is 2. The van der Waals surface area contributed by atoms with Gasteiger partial charge < -0.3 is 24.9 Å². The third-order valence-electron chi connectivity index (χ3n) is 14.8. The molecule has 6 nitrogen and oxygen atoms in total. The summed E-state index contributed by atoms with van der Waals surface area (Å²) in [6, 6.07) is 64.3. The van der Waals surface area contributed by atoms with Gasteiger partial charge in [-0.1, -0.05) is 109 Å². The fourth-order valence-electron chi connectivity index (χ4n) is 12.6. The van der Waals surface area contributed by atoms with E-state index in [9.17, 15) is 29.7 Å². The Kier molecular flexibility index (Phi) is 13.7. The van der Waals surface area contributed by atoms with Crippen molar-refractivity contribution in [1.82, 2.24) is 0 Å². The Morgan fingerprint density at radius 2 is 0.697 bits per heavy atom. The molecule has 0 aromatic heterocycles. The van der Waals surface area contributed by atoms with Crippen molar-refractivity contribution in [3.63, 3.8) is 0 Å². The third-order valence-corrected chi connectivity index (χ3v) is 19.2. The highest BCUT2D eigenvalue weighted by atomic mass is 32.2. The van der Waals surface area contributed by atoms with Crippen molar-refractivity contribution in [3.05, 3.63) is 182 Å². The van der Waals surface area contributed by atoms with Crippen LogP contribution in [-0.4, -0.2) is 28.4 Å². The molecule has 338 valence electrons. The highest BCUT2D eigenvalue weighted by Crippen LogP contribution is 2.61. The minimum absolute atomic E-state index is 0.0146. The first kappa shape index (κ1) is 45.7. The van der Waals surface area contributed by atoms with Crippen molar-refractivity contribution < 1.29 is 29.7 Å². The van der Waals surface area contributed by atoms with E-state index >= 15 is 0 Å². The van der Waals surface area contributed by atoms with Gasteiger partial charge in [-0.25, -0.2) is 0 Å². The number of carboxylic acids is 2. The van der Waals surface area contributed by atoms with Crippen LogP contribution in [0.4, 0.5) is 0 Å². The molecule has 4 unspecified atom stereocenters. The van der Waals surface area contributed by atoms with Crippen LogP contribution in [0.25, 0.3) is 0 Å². The number of aliphatic carboxylic acids is 2. The number of ketones is 1. The van der Waals surface area contributed by atoms with Gasteiger partial charge in [-0.2, -0.15) is 0 Å². The minimum Gasteiger partial charge on any atom is -0.550 e. The molecule has 0 spiro atoms. The molecule has 6 aromatic rings. The molecule has 1 N–H and O–H groups in total. The first-order chi connectivity index (χ1) is 32.0. The van der Waals surface area contributed by atoms with Gasteiger partial charge in [-0.15, -0.1) is 0 Å². The van der Waals surface area contributed by atoms with Gasteiger partial charge in [-0.05, 0) is 161 Å². The molecule has 8 bridgehead atoms. The summed E-state index contributed by atoms with van der Waals surface area (Å²) in [4.78, 5) is 42.2. The van der Waals surface area contributed by atoms with E-state index in [0.717, 1.165) is 51.4 Å². The van der Waals surface area contributed by atoms with Crippen LogP contribution in [0.5, 0.6) is 0 Å². The van der Waals surface area contributed by atoms with Gasteiger partial charge in [0.25, 0.3) is 0 Å². The smallest absolute Gasteiger partial charge is 0.166 e. The van der Waals surface area contributed by atoms with Gasteiger partial charge in [0.15, 0.2) is 29.4 Å². The summed E-state index contributed by atoms with van der Waals surface area (Å²) < 4.78 is 0. The Morgan fingerprint density at radius 3 is 0.970 bits per heavy atom. The number of hydrogen-bond donors (Lipinski definition) is 1. The Morgan fingerprint density at radius 1 is 0.409 bits per heavy atom. The van der Waals surface area contributed by atoms with E-state index in [4.69, 9.17) is 0 Å². The summed E-state index contributed by atoms with van der Waals surface area (Å²) in [5.41, 5.74) is -1.99. The molecule has 8 aliphatic carbocycles. The van der Waals surface area contributed by atoms with E-state index in [-0.39, 0.29) is 33.6 Å². The van der Waals surface area contributed by atoms with Crippen LogP contribution in [0, 0.1) is 40.4 Å². The van der Waals surface area contributed by atoms with E-state index in [1.165, 1.54) is 29.4 Å². The maximum Gasteiger partial charge on any atom is 0.166 e. The molecule has 8 aliphatic rings. The highest BCUT2D eigenvalue weighted by molar-refractivity contribution is 7.97. The molecule has 6 aromatic carbocycles. The van der Waals surface area contributed by atoms with Crippen molar-refractivity contribution >= 4 is 39.5 Å². The molecule has 0 amide bonds. The lowest BCUT2D eigenvalue weighted by Gasteiger charge is -2.60. The number of carbonyl (C=O) groups excluding carboxylic acids is 3. The Labute approximate surface area is 395 Å². The minimum atomic E-state index is -0.926.